The van der Waals surface area contributed by atoms with Crippen LogP contribution >= 0.6 is 0 Å². The van der Waals surface area contributed by atoms with Crippen LogP contribution in [0.3, 0.4) is 0 Å². The fourth-order valence-electron chi connectivity index (χ4n) is 3.76. The van der Waals surface area contributed by atoms with Gasteiger partial charge in [0.2, 0.25) is 0 Å². The van der Waals surface area contributed by atoms with Crippen LogP contribution in [0.15, 0.2) is 30.3 Å². The Labute approximate surface area is 159 Å². The van der Waals surface area contributed by atoms with Crippen molar-refractivity contribution in [3.63, 3.8) is 0 Å². The minimum absolute atomic E-state index is 0.331. The molecule has 0 unspecified atom stereocenters. The molecule has 1 saturated carbocycles. The van der Waals surface area contributed by atoms with E-state index in [1.54, 1.807) is 6.07 Å². The van der Waals surface area contributed by atoms with Crippen LogP contribution in [-0.4, -0.2) is 32.3 Å². The molecule has 1 heterocycles. The fourth-order valence-corrected chi connectivity index (χ4v) is 3.76. The van der Waals surface area contributed by atoms with Gasteiger partial charge in [-0.05, 0) is 69.2 Å². The van der Waals surface area contributed by atoms with Crippen molar-refractivity contribution in [1.82, 2.24) is 15.1 Å². The SMILES string of the molecule is Cc1cc(C)n(Cc2cccc(C(=O)NC3(C(=O)O)CCC(C)CC3)c2)n1. The van der Waals surface area contributed by atoms with Gasteiger partial charge in [-0.2, -0.15) is 5.10 Å². The Hall–Kier alpha value is -2.63. The molecule has 6 nitrogen and oxygen atoms in total. The molecule has 1 aromatic heterocycles. The van der Waals surface area contributed by atoms with E-state index in [1.807, 2.05) is 42.8 Å². The Kier molecular flexibility index (Phi) is 5.35. The zero-order valence-electron chi connectivity index (χ0n) is 16.2. The van der Waals surface area contributed by atoms with Gasteiger partial charge in [-0.1, -0.05) is 19.1 Å². The molecule has 1 fully saturated rings. The zero-order valence-corrected chi connectivity index (χ0v) is 16.2. The van der Waals surface area contributed by atoms with Crippen LogP contribution < -0.4 is 5.32 Å². The third kappa shape index (κ3) is 4.21. The van der Waals surface area contributed by atoms with Crippen molar-refractivity contribution in [2.24, 2.45) is 5.92 Å². The molecule has 2 N–H and O–H groups in total. The predicted octanol–water partition coefficient (Wildman–Crippen LogP) is 3.31. The topological polar surface area (TPSA) is 84.2 Å². The number of aryl methyl sites for hydroxylation is 2. The first-order valence-corrected chi connectivity index (χ1v) is 9.45. The summed E-state index contributed by atoms with van der Waals surface area (Å²) in [6.07, 6.45) is 2.57. The number of benzene rings is 1. The van der Waals surface area contributed by atoms with E-state index in [2.05, 4.69) is 17.3 Å². The van der Waals surface area contributed by atoms with Crippen LogP contribution in [0.25, 0.3) is 0 Å². The molecule has 1 aromatic carbocycles. The summed E-state index contributed by atoms with van der Waals surface area (Å²) in [6.45, 7) is 6.64. The highest BCUT2D eigenvalue weighted by Crippen LogP contribution is 2.32. The second-order valence-electron chi connectivity index (χ2n) is 7.81. The summed E-state index contributed by atoms with van der Waals surface area (Å²) in [4.78, 5) is 24.7. The van der Waals surface area contributed by atoms with E-state index in [9.17, 15) is 14.7 Å². The number of hydrogen-bond acceptors (Lipinski definition) is 3. The smallest absolute Gasteiger partial charge is 0.329 e. The van der Waals surface area contributed by atoms with Crippen LogP contribution in [0.2, 0.25) is 0 Å². The third-order valence-corrected chi connectivity index (χ3v) is 5.51. The fraction of sp³-hybridized carbons (Fsp3) is 0.476. The number of rotatable bonds is 5. The molecule has 0 saturated heterocycles. The minimum Gasteiger partial charge on any atom is -0.480 e. The number of carbonyl (C=O) groups excluding carboxylic acids is 1. The average Bonchev–Trinajstić information content (AvgIpc) is 2.94. The van der Waals surface area contributed by atoms with Gasteiger partial charge in [-0.15, -0.1) is 0 Å². The van der Waals surface area contributed by atoms with Crippen molar-refractivity contribution in [3.05, 3.63) is 52.8 Å². The standard InChI is InChI=1S/C21H27N3O3/c1-14-7-9-21(10-8-14,20(26)27)22-19(25)18-6-4-5-17(12-18)13-24-16(3)11-15(2)23-24/h4-6,11-12,14H,7-10,13H2,1-3H3,(H,22,25)(H,26,27). The zero-order chi connectivity index (χ0) is 19.6. The van der Waals surface area contributed by atoms with Crippen LogP contribution in [0.1, 0.15) is 59.9 Å². The van der Waals surface area contributed by atoms with Gasteiger partial charge in [0.25, 0.3) is 5.91 Å². The van der Waals surface area contributed by atoms with Crippen LogP contribution in [-0.2, 0) is 11.3 Å². The van der Waals surface area contributed by atoms with Gasteiger partial charge in [0.15, 0.2) is 0 Å². The van der Waals surface area contributed by atoms with Gasteiger partial charge in [-0.3, -0.25) is 9.48 Å². The highest BCUT2D eigenvalue weighted by Gasteiger charge is 2.42. The molecular weight excluding hydrogens is 342 g/mol. The van der Waals surface area contributed by atoms with Gasteiger partial charge in [0.05, 0.1) is 12.2 Å². The Morgan fingerprint density at radius 2 is 1.96 bits per heavy atom. The van der Waals surface area contributed by atoms with E-state index in [1.165, 1.54) is 0 Å². The van der Waals surface area contributed by atoms with E-state index in [4.69, 9.17) is 0 Å². The second kappa shape index (κ2) is 7.55. The first-order valence-electron chi connectivity index (χ1n) is 9.45. The maximum Gasteiger partial charge on any atom is 0.329 e. The van der Waals surface area contributed by atoms with E-state index in [0.29, 0.717) is 30.9 Å². The molecular formula is C21H27N3O3. The first kappa shape index (κ1) is 19.1. The Bertz CT molecular complexity index is 848. The van der Waals surface area contributed by atoms with Crippen molar-refractivity contribution >= 4 is 11.9 Å². The second-order valence-corrected chi connectivity index (χ2v) is 7.81. The lowest BCUT2D eigenvalue weighted by Gasteiger charge is -2.36. The Morgan fingerprint density at radius 1 is 1.26 bits per heavy atom. The number of aliphatic carboxylic acids is 1. The summed E-state index contributed by atoms with van der Waals surface area (Å²) in [5.41, 5.74) is 2.29. The number of carbonyl (C=O) groups is 2. The largest absolute Gasteiger partial charge is 0.480 e. The van der Waals surface area contributed by atoms with E-state index >= 15 is 0 Å². The van der Waals surface area contributed by atoms with Crippen LogP contribution in [0, 0.1) is 19.8 Å². The van der Waals surface area contributed by atoms with E-state index < -0.39 is 11.5 Å². The molecule has 1 aliphatic rings. The molecule has 0 atom stereocenters. The van der Waals surface area contributed by atoms with Crippen molar-refractivity contribution in [3.8, 4) is 0 Å². The van der Waals surface area contributed by atoms with Gasteiger partial charge < -0.3 is 10.4 Å². The van der Waals surface area contributed by atoms with E-state index in [-0.39, 0.29) is 5.91 Å². The third-order valence-electron chi connectivity index (χ3n) is 5.51. The number of carboxylic acids is 1. The lowest BCUT2D eigenvalue weighted by Crippen LogP contribution is -2.56. The van der Waals surface area contributed by atoms with E-state index in [0.717, 1.165) is 29.8 Å². The lowest BCUT2D eigenvalue weighted by atomic mass is 9.77. The normalized spacial score (nSPS) is 22.4. The molecule has 3 rings (SSSR count). The summed E-state index contributed by atoms with van der Waals surface area (Å²) in [5.74, 6) is -0.776. The molecule has 1 aliphatic carbocycles. The molecule has 6 heteroatoms. The predicted molar refractivity (Wildman–Crippen MR) is 103 cm³/mol. The number of carboxylic acid groups (broad SMARTS) is 1. The number of amides is 1. The molecule has 27 heavy (non-hydrogen) atoms. The van der Waals surface area contributed by atoms with Gasteiger partial charge in [0, 0.05) is 11.3 Å². The average molecular weight is 369 g/mol. The molecule has 0 spiro atoms. The van der Waals surface area contributed by atoms with Gasteiger partial charge in [0.1, 0.15) is 5.54 Å². The molecule has 2 aromatic rings. The van der Waals surface area contributed by atoms with Crippen LogP contribution in [0.4, 0.5) is 0 Å². The summed E-state index contributed by atoms with van der Waals surface area (Å²) in [5, 5.41) is 17.0. The molecule has 0 aliphatic heterocycles. The van der Waals surface area contributed by atoms with Crippen molar-refractivity contribution in [2.45, 2.75) is 58.5 Å². The first-order chi connectivity index (χ1) is 12.8. The van der Waals surface area contributed by atoms with Crippen molar-refractivity contribution in [1.29, 1.82) is 0 Å². The Morgan fingerprint density at radius 3 is 2.56 bits per heavy atom. The maximum absolute atomic E-state index is 12.8. The minimum atomic E-state index is -1.16. The van der Waals surface area contributed by atoms with Crippen molar-refractivity contribution < 1.29 is 14.7 Å². The quantitative estimate of drug-likeness (QED) is 0.847. The molecule has 144 valence electrons. The number of hydrogen-bond donors (Lipinski definition) is 2. The molecule has 1 amide bonds. The maximum atomic E-state index is 12.8. The number of nitrogens with one attached hydrogen (secondary N) is 1. The summed E-state index contributed by atoms with van der Waals surface area (Å²) >= 11 is 0. The Balaban J connectivity index is 1.76. The highest BCUT2D eigenvalue weighted by atomic mass is 16.4. The summed E-state index contributed by atoms with van der Waals surface area (Å²) < 4.78 is 1.90. The highest BCUT2D eigenvalue weighted by molar-refractivity contribution is 5.98. The number of aromatic nitrogens is 2. The summed E-state index contributed by atoms with van der Waals surface area (Å²) in [6, 6.07) is 9.32. The van der Waals surface area contributed by atoms with Gasteiger partial charge in [-0.25, -0.2) is 4.79 Å². The van der Waals surface area contributed by atoms with Gasteiger partial charge >= 0.3 is 5.97 Å². The van der Waals surface area contributed by atoms with Crippen molar-refractivity contribution in [2.75, 3.05) is 0 Å². The summed E-state index contributed by atoms with van der Waals surface area (Å²) in [7, 11) is 0. The van der Waals surface area contributed by atoms with Crippen LogP contribution in [0.5, 0.6) is 0 Å². The lowest BCUT2D eigenvalue weighted by molar-refractivity contribution is -0.146. The number of nitrogens with zero attached hydrogens (tertiary/aromatic N) is 2. The molecule has 0 bridgehead atoms. The monoisotopic (exact) mass is 369 g/mol. The molecule has 0 radical (unpaired) electrons.